The molecule has 6 heteroatoms. The van der Waals surface area contributed by atoms with E-state index in [9.17, 15) is 4.79 Å². The highest BCUT2D eigenvalue weighted by Crippen LogP contribution is 2.78. The quantitative estimate of drug-likeness (QED) is 0.316. The number of carbonyl (C=O) groups is 1. The number of anilines is 1. The molecule has 2 spiro atoms. The van der Waals surface area contributed by atoms with Gasteiger partial charge in [0, 0.05) is 53.3 Å². The molecule has 7 aliphatic rings. The van der Waals surface area contributed by atoms with E-state index in [0.29, 0.717) is 11.6 Å². The molecule has 2 heterocycles. The number of ether oxygens (including phenoxy) is 3. The summed E-state index contributed by atoms with van der Waals surface area (Å²) >= 11 is 0. The zero-order valence-corrected chi connectivity index (χ0v) is 26.9. The Bertz CT molecular complexity index is 1730. The summed E-state index contributed by atoms with van der Waals surface area (Å²) in [5.41, 5.74) is 7.49. The van der Waals surface area contributed by atoms with Crippen LogP contribution in [0.3, 0.4) is 0 Å². The van der Waals surface area contributed by atoms with Gasteiger partial charge in [-0.25, -0.2) is 0 Å². The maximum Gasteiger partial charge on any atom is 0.255 e. The number of carbonyl (C=O) groups excluding carboxylic acids is 1. The predicted octanol–water partition coefficient (Wildman–Crippen LogP) is 6.96. The van der Waals surface area contributed by atoms with E-state index < -0.39 is 5.60 Å². The molecule has 3 aromatic rings. The largest absolute Gasteiger partial charge is 0.493 e. The smallest absolute Gasteiger partial charge is 0.255 e. The number of nitrogens with zero attached hydrogens (tertiary/aromatic N) is 1. The molecule has 6 atom stereocenters. The highest BCUT2D eigenvalue weighted by molar-refractivity contribution is 6.04. The Morgan fingerprint density at radius 3 is 2.67 bits per heavy atom. The second kappa shape index (κ2) is 9.59. The summed E-state index contributed by atoms with van der Waals surface area (Å²) in [6.07, 6.45) is 8.06. The Balaban J connectivity index is 1.14. The summed E-state index contributed by atoms with van der Waals surface area (Å²) in [4.78, 5) is 16.2. The number of hydrogen-bond donors (Lipinski definition) is 1. The van der Waals surface area contributed by atoms with Gasteiger partial charge in [-0.15, -0.1) is 0 Å². The van der Waals surface area contributed by atoms with Gasteiger partial charge in [-0.05, 0) is 124 Å². The lowest BCUT2D eigenvalue weighted by molar-refractivity contribution is -0.261. The fourth-order valence-electron chi connectivity index (χ4n) is 10.9. The Labute approximate surface area is 266 Å². The zero-order chi connectivity index (χ0) is 30.7. The molecule has 1 saturated heterocycles. The second-order valence-corrected chi connectivity index (χ2v) is 15.0. The number of fused-ring (bicyclic) bond motifs is 2. The number of aryl methyl sites for hydroxylation is 2. The van der Waals surface area contributed by atoms with Gasteiger partial charge in [0.1, 0.15) is 11.7 Å². The second-order valence-electron chi connectivity index (χ2n) is 15.0. The topological polar surface area (TPSA) is 60.0 Å². The molecule has 3 aromatic carbocycles. The van der Waals surface area contributed by atoms with Gasteiger partial charge in [-0.1, -0.05) is 24.3 Å². The van der Waals surface area contributed by atoms with Gasteiger partial charge in [0.25, 0.3) is 5.91 Å². The minimum Gasteiger partial charge on any atom is -0.493 e. The van der Waals surface area contributed by atoms with Crippen LogP contribution in [0.4, 0.5) is 5.69 Å². The first kappa shape index (κ1) is 27.9. The van der Waals surface area contributed by atoms with Crippen molar-refractivity contribution in [1.29, 1.82) is 0 Å². The maximum absolute atomic E-state index is 13.3. The molecule has 6 nitrogen and oxygen atoms in total. The molecule has 0 aromatic heterocycles. The molecule has 1 amide bonds. The van der Waals surface area contributed by atoms with Crippen molar-refractivity contribution in [2.75, 3.05) is 32.6 Å². The van der Waals surface area contributed by atoms with Crippen LogP contribution >= 0.6 is 0 Å². The highest BCUT2D eigenvalue weighted by Gasteiger charge is 2.80. The SMILES string of the molecule is COc1ccc2c3c1O[C@H]1[C@@]4(OC)CC[C@@]5(C[C@@H]4c4cccc(NC(=O)c6ccc(C)c(C)c6)c4)[C@@H](C2)N(CC2CC2)CC[C@]315. The molecule has 0 radical (unpaired) electrons. The van der Waals surface area contributed by atoms with Crippen molar-refractivity contribution < 1.29 is 19.0 Å². The standard InChI is InChI=1S/C39H44N2O4/c1-23-8-11-28(18-24(23)2)35(42)40-29-7-5-6-26(19-29)30-21-37-14-15-39(30,44-4)36-38(37)16-17-41(22-25-9-10-25)32(37)20-27-12-13-31(43-3)34(45-36)33(27)38/h5-8,11-13,18-19,25,30,32,36H,9-10,14-17,20-22H2,1-4H3,(H,40,42)/t30-,32-,36-,37-,38+,39-/m1/s1. The Morgan fingerprint density at radius 1 is 1.02 bits per heavy atom. The number of amides is 1. The van der Waals surface area contributed by atoms with Gasteiger partial charge < -0.3 is 19.5 Å². The van der Waals surface area contributed by atoms with Gasteiger partial charge in [0.2, 0.25) is 0 Å². The number of rotatable bonds is 7. The van der Waals surface area contributed by atoms with Gasteiger partial charge >= 0.3 is 0 Å². The molecule has 45 heavy (non-hydrogen) atoms. The van der Waals surface area contributed by atoms with E-state index in [1.54, 1.807) is 7.11 Å². The average Bonchev–Trinajstić information content (AvgIpc) is 3.80. The Kier molecular flexibility index (Phi) is 5.95. The maximum atomic E-state index is 13.3. The summed E-state index contributed by atoms with van der Waals surface area (Å²) in [6, 6.07) is 19.4. The van der Waals surface area contributed by atoms with Gasteiger partial charge in [-0.2, -0.15) is 0 Å². The van der Waals surface area contributed by atoms with Crippen LogP contribution < -0.4 is 14.8 Å². The lowest BCUT2D eigenvalue weighted by atomic mass is 9.34. The summed E-state index contributed by atoms with van der Waals surface area (Å²) in [7, 11) is 3.67. The summed E-state index contributed by atoms with van der Waals surface area (Å²) in [5, 5.41) is 3.21. The third-order valence-corrected chi connectivity index (χ3v) is 13.2. The van der Waals surface area contributed by atoms with E-state index in [1.807, 2.05) is 31.4 Å². The van der Waals surface area contributed by atoms with Crippen molar-refractivity contribution in [2.24, 2.45) is 11.3 Å². The molecule has 4 bridgehead atoms. The van der Waals surface area contributed by atoms with Gasteiger partial charge in [-0.3, -0.25) is 9.69 Å². The molecule has 4 saturated carbocycles. The van der Waals surface area contributed by atoms with Crippen molar-refractivity contribution in [1.82, 2.24) is 4.90 Å². The number of benzene rings is 3. The van der Waals surface area contributed by atoms with Crippen molar-refractivity contribution in [3.8, 4) is 11.5 Å². The van der Waals surface area contributed by atoms with Crippen molar-refractivity contribution in [3.63, 3.8) is 0 Å². The van der Waals surface area contributed by atoms with Crippen LogP contribution in [-0.4, -0.2) is 55.9 Å². The minimum absolute atomic E-state index is 0.0743. The molecule has 10 rings (SSSR count). The number of methoxy groups -OCH3 is 2. The van der Waals surface area contributed by atoms with E-state index in [1.165, 1.54) is 41.6 Å². The fourth-order valence-corrected chi connectivity index (χ4v) is 10.9. The molecule has 5 fully saturated rings. The fraction of sp³-hybridized carbons (Fsp3) is 0.513. The lowest BCUT2D eigenvalue weighted by Crippen LogP contribution is -2.80. The van der Waals surface area contributed by atoms with Crippen molar-refractivity contribution in [3.05, 3.63) is 88.0 Å². The number of hydrogen-bond acceptors (Lipinski definition) is 5. The molecule has 2 aliphatic heterocycles. The summed E-state index contributed by atoms with van der Waals surface area (Å²) in [6.45, 7) is 6.48. The highest BCUT2D eigenvalue weighted by atomic mass is 16.6. The molecular weight excluding hydrogens is 560 g/mol. The van der Waals surface area contributed by atoms with Crippen LogP contribution in [0.25, 0.3) is 0 Å². The predicted molar refractivity (Wildman–Crippen MR) is 175 cm³/mol. The van der Waals surface area contributed by atoms with Crippen LogP contribution in [0.5, 0.6) is 11.5 Å². The van der Waals surface area contributed by atoms with E-state index in [2.05, 4.69) is 54.4 Å². The monoisotopic (exact) mass is 604 g/mol. The van der Waals surface area contributed by atoms with Gasteiger partial charge in [0.05, 0.1) is 7.11 Å². The van der Waals surface area contributed by atoms with E-state index in [-0.39, 0.29) is 28.8 Å². The molecule has 5 aliphatic carbocycles. The molecule has 1 N–H and O–H groups in total. The average molecular weight is 605 g/mol. The van der Waals surface area contributed by atoms with Crippen LogP contribution in [0.2, 0.25) is 0 Å². The normalized spacial score (nSPS) is 33.8. The molecule has 0 unspecified atom stereocenters. The Morgan fingerprint density at radius 2 is 1.89 bits per heavy atom. The third kappa shape index (κ3) is 3.61. The molecular formula is C39H44N2O4. The van der Waals surface area contributed by atoms with Crippen molar-refractivity contribution >= 4 is 11.6 Å². The van der Waals surface area contributed by atoms with Crippen molar-refractivity contribution in [2.45, 2.75) is 87.9 Å². The lowest BCUT2D eigenvalue weighted by Gasteiger charge is -2.74. The van der Waals surface area contributed by atoms with E-state index in [0.717, 1.165) is 67.3 Å². The molecule has 234 valence electrons. The van der Waals surface area contributed by atoms with Crippen LogP contribution in [0, 0.1) is 25.2 Å². The number of piperidine rings is 1. The van der Waals surface area contributed by atoms with Crippen LogP contribution in [0.15, 0.2) is 54.6 Å². The minimum atomic E-state index is -0.472. The summed E-state index contributed by atoms with van der Waals surface area (Å²) in [5.74, 6) is 2.75. The first-order valence-corrected chi connectivity index (χ1v) is 17.0. The number of nitrogens with one attached hydrogen (secondary N) is 1. The first-order chi connectivity index (χ1) is 21.8. The van der Waals surface area contributed by atoms with Crippen LogP contribution in [-0.2, 0) is 16.6 Å². The van der Waals surface area contributed by atoms with Gasteiger partial charge in [0.15, 0.2) is 11.5 Å². The zero-order valence-electron chi connectivity index (χ0n) is 26.9. The third-order valence-electron chi connectivity index (χ3n) is 13.2. The van der Waals surface area contributed by atoms with Crippen LogP contribution in [0.1, 0.15) is 82.6 Å². The summed E-state index contributed by atoms with van der Waals surface area (Å²) < 4.78 is 20.0. The first-order valence-electron chi connectivity index (χ1n) is 17.0. The Hall–Kier alpha value is -3.35. The number of likely N-dealkylation sites (tertiary alicyclic amines) is 1. The van der Waals surface area contributed by atoms with E-state index >= 15 is 0 Å². The van der Waals surface area contributed by atoms with E-state index in [4.69, 9.17) is 14.2 Å².